The van der Waals surface area contributed by atoms with Crippen molar-refractivity contribution in [3.8, 4) is 27.4 Å². The number of phenols is 1. The van der Waals surface area contributed by atoms with E-state index in [1.54, 1.807) is 23.5 Å². The molecule has 1 fully saturated rings. The van der Waals surface area contributed by atoms with Gasteiger partial charge in [0.1, 0.15) is 22.6 Å². The van der Waals surface area contributed by atoms with Gasteiger partial charge in [0.25, 0.3) is 11.8 Å². The lowest BCUT2D eigenvalue weighted by Crippen LogP contribution is -2.55. The van der Waals surface area contributed by atoms with Crippen LogP contribution < -0.4 is 10.2 Å². The van der Waals surface area contributed by atoms with Gasteiger partial charge in [-0.3, -0.25) is 19.3 Å². The number of ether oxygens (including phenoxy) is 1. The van der Waals surface area contributed by atoms with Crippen LogP contribution >= 0.6 is 11.3 Å². The summed E-state index contributed by atoms with van der Waals surface area (Å²) in [7, 11) is 3.95. The number of thiazole rings is 1. The van der Waals surface area contributed by atoms with Crippen LogP contribution in [0.5, 0.6) is 5.75 Å². The molecule has 0 spiro atoms. The maximum Gasteiger partial charge on any atom is 0.255 e. The van der Waals surface area contributed by atoms with Gasteiger partial charge in [-0.2, -0.15) is 0 Å². The molecule has 0 aliphatic carbocycles. The summed E-state index contributed by atoms with van der Waals surface area (Å²) in [6.45, 7) is 1.48. The maximum absolute atomic E-state index is 13.3. The molecule has 2 aliphatic heterocycles. The van der Waals surface area contributed by atoms with Gasteiger partial charge in [-0.1, -0.05) is 24.3 Å². The second-order valence-corrected chi connectivity index (χ2v) is 13.4. The molecule has 0 bridgehead atoms. The van der Waals surface area contributed by atoms with E-state index in [1.807, 2.05) is 43.4 Å². The molecule has 2 N–H and O–H groups in total. The fourth-order valence-corrected chi connectivity index (χ4v) is 7.25. The Morgan fingerprint density at radius 2 is 1.76 bits per heavy atom. The van der Waals surface area contributed by atoms with Crippen molar-refractivity contribution in [2.24, 2.45) is 0 Å². The number of hydrogen-bond donors (Lipinski definition) is 2. The van der Waals surface area contributed by atoms with E-state index in [2.05, 4.69) is 46.7 Å². The summed E-state index contributed by atoms with van der Waals surface area (Å²) in [5.41, 5.74) is 6.25. The van der Waals surface area contributed by atoms with Crippen molar-refractivity contribution in [3.05, 3.63) is 90.1 Å². The molecule has 3 aromatic carbocycles. The zero-order valence-electron chi connectivity index (χ0n) is 27.3. The van der Waals surface area contributed by atoms with Crippen molar-refractivity contribution in [2.45, 2.75) is 25.4 Å². The molecule has 0 radical (unpaired) electrons. The molecule has 3 amide bonds. The third-order valence-corrected chi connectivity index (χ3v) is 9.94. The smallest absolute Gasteiger partial charge is 0.255 e. The number of nitrogens with zero attached hydrogens (tertiary/aromatic N) is 5. The van der Waals surface area contributed by atoms with Crippen LogP contribution in [0.25, 0.3) is 31.9 Å². The maximum atomic E-state index is 13.3. The van der Waals surface area contributed by atoms with Gasteiger partial charge in [-0.25, -0.2) is 9.97 Å². The van der Waals surface area contributed by atoms with Crippen molar-refractivity contribution < 1.29 is 24.2 Å². The van der Waals surface area contributed by atoms with Crippen molar-refractivity contribution in [3.63, 3.8) is 0 Å². The van der Waals surface area contributed by atoms with Crippen molar-refractivity contribution >= 4 is 50.8 Å². The van der Waals surface area contributed by atoms with Crippen LogP contribution in [0.15, 0.2) is 79.0 Å². The van der Waals surface area contributed by atoms with E-state index in [0.717, 1.165) is 43.4 Å². The molecular formula is C37H36N6O5S. The number of pyridine rings is 1. The molecule has 2 aromatic heterocycles. The Labute approximate surface area is 287 Å². The van der Waals surface area contributed by atoms with E-state index in [4.69, 9.17) is 9.72 Å². The van der Waals surface area contributed by atoms with E-state index < -0.39 is 6.04 Å². The summed E-state index contributed by atoms with van der Waals surface area (Å²) >= 11 is 1.64. The highest BCUT2D eigenvalue weighted by atomic mass is 32.1. The lowest BCUT2D eigenvalue weighted by Gasteiger charge is -2.35. The van der Waals surface area contributed by atoms with Gasteiger partial charge >= 0.3 is 0 Å². The Morgan fingerprint density at radius 3 is 2.53 bits per heavy atom. The number of imide groups is 1. The third kappa shape index (κ3) is 6.70. The first-order chi connectivity index (χ1) is 23.7. The molecule has 250 valence electrons. The van der Waals surface area contributed by atoms with Crippen LogP contribution in [0.2, 0.25) is 0 Å². The number of carbonyl (C=O) groups excluding carboxylic acids is 3. The van der Waals surface area contributed by atoms with E-state index in [-0.39, 0.29) is 56.0 Å². The predicted molar refractivity (Wildman–Crippen MR) is 190 cm³/mol. The average molecular weight is 677 g/mol. The van der Waals surface area contributed by atoms with Crippen LogP contribution in [0, 0.1) is 0 Å². The van der Waals surface area contributed by atoms with Crippen molar-refractivity contribution in [1.29, 1.82) is 0 Å². The number of anilines is 2. The highest BCUT2D eigenvalue weighted by molar-refractivity contribution is 7.21. The topological polar surface area (TPSA) is 128 Å². The zero-order chi connectivity index (χ0) is 34.1. The molecule has 7 rings (SSSR count). The Morgan fingerprint density at radius 1 is 0.959 bits per heavy atom. The first-order valence-corrected chi connectivity index (χ1v) is 17.0. The van der Waals surface area contributed by atoms with Crippen molar-refractivity contribution in [2.75, 3.05) is 50.6 Å². The normalized spacial score (nSPS) is 16.0. The molecule has 1 saturated heterocycles. The molecule has 1 unspecified atom stereocenters. The van der Waals surface area contributed by atoms with Gasteiger partial charge in [-0.15, -0.1) is 11.3 Å². The number of carbonyl (C=O) groups is 3. The summed E-state index contributed by atoms with van der Waals surface area (Å²) in [6.07, 6.45) is 2.35. The zero-order valence-corrected chi connectivity index (χ0v) is 28.1. The number of benzene rings is 3. The minimum Gasteiger partial charge on any atom is -0.508 e. The fourth-order valence-electron chi connectivity index (χ4n) is 6.24. The lowest BCUT2D eigenvalue weighted by atomic mass is 10.0. The first kappa shape index (κ1) is 32.2. The Balaban J connectivity index is 0.888. The largest absolute Gasteiger partial charge is 0.508 e. The van der Waals surface area contributed by atoms with Gasteiger partial charge in [0, 0.05) is 62.2 Å². The van der Waals surface area contributed by atoms with Crippen LogP contribution in [-0.4, -0.2) is 89.0 Å². The Bertz CT molecular complexity index is 2030. The number of aromatic hydroxyl groups is 1. The highest BCUT2D eigenvalue weighted by Crippen LogP contribution is 2.34. The number of fused-ring (bicyclic) bond motifs is 2. The number of nitrogens with one attached hydrogen (secondary N) is 1. The highest BCUT2D eigenvalue weighted by Gasteiger charge is 2.42. The number of phenolic OH excluding ortho intramolecular Hbond substituents is 1. The van der Waals surface area contributed by atoms with Gasteiger partial charge < -0.3 is 25.0 Å². The van der Waals surface area contributed by atoms with E-state index in [0.29, 0.717) is 24.3 Å². The molecular weight excluding hydrogens is 641 g/mol. The predicted octanol–water partition coefficient (Wildman–Crippen LogP) is 5.40. The monoisotopic (exact) mass is 676 g/mol. The first-order valence-electron chi connectivity index (χ1n) is 16.2. The summed E-state index contributed by atoms with van der Waals surface area (Å²) in [5.74, 6) is 0.0902. The summed E-state index contributed by atoms with van der Waals surface area (Å²) in [4.78, 5) is 52.9. The molecule has 2 aliphatic rings. The Hall–Kier alpha value is -5.33. The molecule has 12 heteroatoms. The Kier molecular flexibility index (Phi) is 8.98. The number of rotatable bonds is 11. The van der Waals surface area contributed by atoms with Gasteiger partial charge in [0.2, 0.25) is 5.91 Å². The second-order valence-electron chi connectivity index (χ2n) is 12.3. The third-order valence-electron chi connectivity index (χ3n) is 8.88. The molecule has 5 aromatic rings. The van der Waals surface area contributed by atoms with Crippen LogP contribution in [0.3, 0.4) is 0 Å². The fraction of sp³-hybridized carbons (Fsp3) is 0.270. The number of amides is 3. The van der Waals surface area contributed by atoms with Crippen LogP contribution in [-0.2, 0) is 20.9 Å². The van der Waals surface area contributed by atoms with Gasteiger partial charge in [0.15, 0.2) is 0 Å². The number of hydrogen-bond acceptors (Lipinski definition) is 10. The summed E-state index contributed by atoms with van der Waals surface area (Å²) in [5, 5.41) is 14.1. The van der Waals surface area contributed by atoms with Crippen LogP contribution in [0.4, 0.5) is 11.5 Å². The summed E-state index contributed by atoms with van der Waals surface area (Å²) in [6, 6.07) is 22.4. The van der Waals surface area contributed by atoms with Crippen molar-refractivity contribution in [1.82, 2.24) is 19.8 Å². The van der Waals surface area contributed by atoms with E-state index >= 15 is 0 Å². The number of aromatic nitrogens is 2. The molecule has 49 heavy (non-hydrogen) atoms. The molecule has 11 nitrogen and oxygen atoms in total. The SMILES string of the molecule is CN(C)c1ccc(-c2ccc(-c3nc4ccc(NCCOCCN5C(=O)CCC(N6Cc7cc(O)ccc7C6=O)C5=O)cc4s3)cc2)cn1. The second kappa shape index (κ2) is 13.7. The summed E-state index contributed by atoms with van der Waals surface area (Å²) < 4.78 is 6.85. The molecule has 4 heterocycles. The average Bonchev–Trinajstić information content (AvgIpc) is 3.67. The van der Waals surface area contributed by atoms with E-state index in [9.17, 15) is 19.5 Å². The molecule has 0 saturated carbocycles. The quantitative estimate of drug-likeness (QED) is 0.140. The van der Waals surface area contributed by atoms with Gasteiger partial charge in [-0.05, 0) is 66.1 Å². The standard InChI is InChI=1S/C37H36N6O5S/c1-41(2)33-13-7-25(21-39-33)23-3-5-24(6-4-23)35-40-30-11-8-27(20-32(30)49-35)38-15-17-48-18-16-42-34(45)14-12-31(37(42)47)43-22-26-19-28(44)9-10-29(26)36(43)46/h3-11,13,19-21,31,38,44H,12,14-18,22H2,1-2H3. The minimum atomic E-state index is -0.716. The number of piperidine rings is 1. The number of likely N-dealkylation sites (tertiary alicyclic amines) is 1. The molecule has 1 atom stereocenters. The minimum absolute atomic E-state index is 0.0728. The van der Waals surface area contributed by atoms with Crippen LogP contribution in [0.1, 0.15) is 28.8 Å². The van der Waals surface area contributed by atoms with Gasteiger partial charge in [0.05, 0.1) is 30.0 Å². The van der Waals surface area contributed by atoms with E-state index in [1.165, 1.54) is 15.9 Å². The lowest BCUT2D eigenvalue weighted by molar-refractivity contribution is -0.153.